The molecule has 0 aromatic rings. The molecule has 2 heterocycles. The number of rotatable bonds is 3. The summed E-state index contributed by atoms with van der Waals surface area (Å²) in [5, 5.41) is 2.88. The number of hydrogen-bond donors (Lipinski definition) is 1. The van der Waals surface area contributed by atoms with E-state index in [0.29, 0.717) is 25.7 Å². The van der Waals surface area contributed by atoms with Crippen LogP contribution in [0.2, 0.25) is 0 Å². The third kappa shape index (κ3) is 3.43. The molecule has 0 radical (unpaired) electrons. The van der Waals surface area contributed by atoms with Crippen LogP contribution in [-0.2, 0) is 19.0 Å². The molecule has 0 saturated carbocycles. The third-order valence-corrected chi connectivity index (χ3v) is 2.95. The molecule has 2 saturated heterocycles. The molecule has 2 aliphatic heterocycles. The van der Waals surface area contributed by atoms with E-state index < -0.39 is 6.29 Å². The van der Waals surface area contributed by atoms with Crippen LogP contribution in [0.15, 0.2) is 0 Å². The second-order valence-electron chi connectivity index (χ2n) is 4.23. The maximum Gasteiger partial charge on any atom is 0.277 e. The second kappa shape index (κ2) is 6.18. The Bertz CT molecular complexity index is 222. The Morgan fingerprint density at radius 3 is 2.50 bits per heavy atom. The van der Waals surface area contributed by atoms with Gasteiger partial charge in [0.25, 0.3) is 5.91 Å². The van der Waals surface area contributed by atoms with Crippen LogP contribution in [0.3, 0.4) is 0 Å². The molecule has 0 aromatic heterocycles. The number of hydrogen-bond acceptors (Lipinski definition) is 4. The second-order valence-corrected chi connectivity index (χ2v) is 4.23. The molecule has 2 rings (SSSR count). The topological polar surface area (TPSA) is 56.8 Å². The van der Waals surface area contributed by atoms with E-state index in [1.807, 2.05) is 0 Å². The van der Waals surface area contributed by atoms with Gasteiger partial charge in [0.2, 0.25) is 6.29 Å². The van der Waals surface area contributed by atoms with E-state index >= 15 is 0 Å². The lowest BCUT2D eigenvalue weighted by atomic mass is 10.0. The lowest BCUT2D eigenvalue weighted by molar-refractivity contribution is -0.190. The van der Waals surface area contributed by atoms with Gasteiger partial charge in [0.15, 0.2) is 0 Å². The highest BCUT2D eigenvalue weighted by Gasteiger charge is 2.23. The van der Waals surface area contributed by atoms with E-state index in [1.165, 1.54) is 0 Å². The minimum absolute atomic E-state index is 0.147. The van der Waals surface area contributed by atoms with Crippen LogP contribution in [0.5, 0.6) is 0 Å². The van der Waals surface area contributed by atoms with E-state index in [1.54, 1.807) is 0 Å². The molecule has 0 bridgehead atoms. The summed E-state index contributed by atoms with van der Waals surface area (Å²) in [7, 11) is 0. The normalized spacial score (nSPS) is 24.2. The molecular formula is C11H19NO4. The van der Waals surface area contributed by atoms with Crippen molar-refractivity contribution in [2.45, 2.75) is 25.6 Å². The monoisotopic (exact) mass is 229 g/mol. The van der Waals surface area contributed by atoms with Crippen molar-refractivity contribution in [2.75, 3.05) is 33.0 Å². The molecular weight excluding hydrogens is 210 g/mol. The zero-order valence-electron chi connectivity index (χ0n) is 9.44. The van der Waals surface area contributed by atoms with Crippen LogP contribution in [0, 0.1) is 5.92 Å². The number of carbonyl (C=O) groups is 1. The third-order valence-electron chi connectivity index (χ3n) is 2.95. The van der Waals surface area contributed by atoms with Crippen LogP contribution in [0.1, 0.15) is 19.3 Å². The maximum absolute atomic E-state index is 11.6. The fraction of sp³-hybridized carbons (Fsp3) is 0.909. The highest BCUT2D eigenvalue weighted by molar-refractivity contribution is 5.79. The van der Waals surface area contributed by atoms with Gasteiger partial charge in [-0.2, -0.15) is 0 Å². The molecule has 0 aromatic carbocycles. The zero-order chi connectivity index (χ0) is 11.2. The summed E-state index contributed by atoms with van der Waals surface area (Å²) in [6.07, 6.45) is 2.21. The average Bonchev–Trinajstić information content (AvgIpc) is 2.38. The Balaban J connectivity index is 1.65. The quantitative estimate of drug-likeness (QED) is 0.756. The smallest absolute Gasteiger partial charge is 0.277 e. The van der Waals surface area contributed by atoms with Crippen LogP contribution in [0.25, 0.3) is 0 Å². The van der Waals surface area contributed by atoms with Gasteiger partial charge in [0.1, 0.15) is 0 Å². The summed E-state index contributed by atoms with van der Waals surface area (Å²) in [4.78, 5) is 11.6. The van der Waals surface area contributed by atoms with E-state index in [2.05, 4.69) is 5.32 Å². The van der Waals surface area contributed by atoms with Crippen LogP contribution in [-0.4, -0.2) is 45.2 Å². The first kappa shape index (κ1) is 11.8. The fourth-order valence-electron chi connectivity index (χ4n) is 1.92. The first-order valence-corrected chi connectivity index (χ1v) is 5.95. The van der Waals surface area contributed by atoms with Gasteiger partial charge in [-0.3, -0.25) is 4.79 Å². The molecule has 16 heavy (non-hydrogen) atoms. The van der Waals surface area contributed by atoms with Crippen molar-refractivity contribution in [3.63, 3.8) is 0 Å². The molecule has 5 heteroatoms. The van der Waals surface area contributed by atoms with Crippen molar-refractivity contribution in [3.05, 3.63) is 0 Å². The number of carbonyl (C=O) groups excluding carboxylic acids is 1. The summed E-state index contributed by atoms with van der Waals surface area (Å²) >= 11 is 0. The summed E-state index contributed by atoms with van der Waals surface area (Å²) in [6, 6.07) is 0. The number of amides is 1. The lowest BCUT2D eigenvalue weighted by Crippen LogP contribution is -2.43. The standard InChI is InChI=1S/C11H19NO4/c13-10(11-15-4-1-5-16-11)12-8-9-2-6-14-7-3-9/h9,11H,1-8H2,(H,12,13). The Hall–Kier alpha value is -0.650. The molecule has 0 unspecified atom stereocenters. The Morgan fingerprint density at radius 2 is 1.81 bits per heavy atom. The largest absolute Gasteiger partial charge is 0.381 e. The molecule has 0 spiro atoms. The molecule has 92 valence electrons. The number of ether oxygens (including phenoxy) is 3. The van der Waals surface area contributed by atoms with Gasteiger partial charge in [-0.1, -0.05) is 0 Å². The van der Waals surface area contributed by atoms with Gasteiger partial charge in [0.05, 0.1) is 13.2 Å². The molecule has 0 aliphatic carbocycles. The van der Waals surface area contributed by atoms with Crippen LogP contribution in [0.4, 0.5) is 0 Å². The van der Waals surface area contributed by atoms with Gasteiger partial charge >= 0.3 is 0 Å². The molecule has 1 N–H and O–H groups in total. The van der Waals surface area contributed by atoms with Gasteiger partial charge in [-0.15, -0.1) is 0 Å². The minimum atomic E-state index is -0.700. The van der Waals surface area contributed by atoms with E-state index in [9.17, 15) is 4.79 Å². The van der Waals surface area contributed by atoms with Crippen molar-refractivity contribution in [1.29, 1.82) is 0 Å². The molecule has 0 atom stereocenters. The fourth-order valence-corrected chi connectivity index (χ4v) is 1.92. The van der Waals surface area contributed by atoms with Crippen molar-refractivity contribution >= 4 is 5.91 Å². The minimum Gasteiger partial charge on any atom is -0.381 e. The SMILES string of the molecule is O=C(NCC1CCOCC1)C1OCCCO1. The van der Waals surface area contributed by atoms with Gasteiger partial charge in [-0.05, 0) is 25.2 Å². The number of nitrogens with one attached hydrogen (secondary N) is 1. The Morgan fingerprint density at radius 1 is 1.12 bits per heavy atom. The average molecular weight is 229 g/mol. The van der Waals surface area contributed by atoms with Gasteiger partial charge < -0.3 is 19.5 Å². The summed E-state index contributed by atoms with van der Waals surface area (Å²) < 4.78 is 15.7. The van der Waals surface area contributed by atoms with Gasteiger partial charge in [-0.25, -0.2) is 0 Å². The van der Waals surface area contributed by atoms with Crippen molar-refractivity contribution in [1.82, 2.24) is 5.32 Å². The van der Waals surface area contributed by atoms with E-state index in [4.69, 9.17) is 14.2 Å². The zero-order valence-corrected chi connectivity index (χ0v) is 9.44. The van der Waals surface area contributed by atoms with Crippen molar-refractivity contribution in [2.24, 2.45) is 5.92 Å². The predicted molar refractivity (Wildman–Crippen MR) is 56.9 cm³/mol. The summed E-state index contributed by atoms with van der Waals surface area (Å²) in [6.45, 7) is 3.52. The van der Waals surface area contributed by atoms with Gasteiger partial charge in [0, 0.05) is 19.8 Å². The van der Waals surface area contributed by atoms with Crippen LogP contribution >= 0.6 is 0 Å². The molecule has 2 fully saturated rings. The summed E-state index contributed by atoms with van der Waals surface area (Å²) in [5.41, 5.74) is 0. The Labute approximate surface area is 95.4 Å². The van der Waals surface area contributed by atoms with Crippen molar-refractivity contribution < 1.29 is 19.0 Å². The first-order valence-electron chi connectivity index (χ1n) is 5.95. The highest BCUT2D eigenvalue weighted by Crippen LogP contribution is 2.13. The maximum atomic E-state index is 11.6. The predicted octanol–water partition coefficient (Wildman–Crippen LogP) is 0.292. The molecule has 5 nitrogen and oxygen atoms in total. The highest BCUT2D eigenvalue weighted by atomic mass is 16.7. The summed E-state index contributed by atoms with van der Waals surface area (Å²) in [5.74, 6) is 0.382. The van der Waals surface area contributed by atoms with E-state index in [-0.39, 0.29) is 5.91 Å². The Kier molecular flexibility index (Phi) is 4.56. The van der Waals surface area contributed by atoms with E-state index in [0.717, 1.165) is 32.5 Å². The molecule has 2 aliphatic rings. The lowest BCUT2D eigenvalue weighted by Gasteiger charge is -2.25. The van der Waals surface area contributed by atoms with Crippen molar-refractivity contribution in [3.8, 4) is 0 Å². The molecule has 1 amide bonds. The first-order chi connectivity index (χ1) is 7.86. The van der Waals surface area contributed by atoms with Crippen LogP contribution < -0.4 is 5.32 Å².